The van der Waals surface area contributed by atoms with Gasteiger partial charge in [-0.25, -0.2) is 0 Å². The summed E-state index contributed by atoms with van der Waals surface area (Å²) in [5, 5.41) is 3.07. The Morgan fingerprint density at radius 3 is 2.87 bits per heavy atom. The monoisotopic (exact) mass is 382 g/mol. The van der Waals surface area contributed by atoms with Crippen molar-refractivity contribution >= 4 is 33.2 Å². The van der Waals surface area contributed by atoms with Crippen LogP contribution in [0.15, 0.2) is 22.7 Å². The number of rotatable bonds is 5. The van der Waals surface area contributed by atoms with E-state index >= 15 is 0 Å². The van der Waals surface area contributed by atoms with Gasteiger partial charge in [0.15, 0.2) is 0 Å². The number of morpholine rings is 1. The molecule has 1 aromatic rings. The number of halogens is 1. The van der Waals surface area contributed by atoms with Crippen LogP contribution >= 0.6 is 15.9 Å². The predicted octanol–water partition coefficient (Wildman–Crippen LogP) is 3.18. The Balaban J connectivity index is 1.63. The third kappa shape index (κ3) is 4.68. The second kappa shape index (κ2) is 8.13. The van der Waals surface area contributed by atoms with Crippen molar-refractivity contribution in [3.8, 4) is 0 Å². The Morgan fingerprint density at radius 1 is 1.30 bits per heavy atom. The van der Waals surface area contributed by atoms with E-state index in [-0.39, 0.29) is 12.0 Å². The van der Waals surface area contributed by atoms with Gasteiger partial charge in [-0.05, 0) is 37.5 Å². The highest BCUT2D eigenvalue weighted by atomic mass is 79.9. The molecule has 0 saturated carbocycles. The molecule has 0 aliphatic carbocycles. The minimum Gasteiger partial charge on any atom is -0.378 e. The van der Waals surface area contributed by atoms with Gasteiger partial charge in [-0.15, -0.1) is 0 Å². The third-order valence-electron chi connectivity index (χ3n) is 4.30. The zero-order valence-corrected chi connectivity index (χ0v) is 14.8. The normalized spacial score (nSPS) is 21.4. The number of hydrogen-bond acceptors (Lipinski definition) is 4. The quantitative estimate of drug-likeness (QED) is 0.849. The molecule has 23 heavy (non-hydrogen) atoms. The maximum Gasteiger partial charge on any atom is 0.224 e. The van der Waals surface area contributed by atoms with Crippen LogP contribution in [0, 0.1) is 0 Å². The molecule has 5 nitrogen and oxygen atoms in total. The van der Waals surface area contributed by atoms with E-state index in [2.05, 4.69) is 26.1 Å². The van der Waals surface area contributed by atoms with Gasteiger partial charge >= 0.3 is 0 Å². The number of carbonyl (C=O) groups excluding carboxylic acids is 1. The summed E-state index contributed by atoms with van der Waals surface area (Å²) in [4.78, 5) is 14.5. The molecule has 1 unspecified atom stereocenters. The Hall–Kier alpha value is -1.11. The summed E-state index contributed by atoms with van der Waals surface area (Å²) < 4.78 is 12.0. The van der Waals surface area contributed by atoms with Crippen molar-refractivity contribution in [3.63, 3.8) is 0 Å². The lowest BCUT2D eigenvalue weighted by atomic mass is 10.1. The van der Waals surface area contributed by atoms with Crippen molar-refractivity contribution < 1.29 is 14.3 Å². The van der Waals surface area contributed by atoms with E-state index in [0.29, 0.717) is 6.42 Å². The number of nitrogens with zero attached hydrogens (tertiary/aromatic N) is 1. The third-order valence-corrected chi connectivity index (χ3v) is 4.80. The molecule has 0 radical (unpaired) electrons. The Kier molecular flexibility index (Phi) is 5.91. The predicted molar refractivity (Wildman–Crippen MR) is 94.0 cm³/mol. The maximum absolute atomic E-state index is 12.3. The number of benzene rings is 1. The first-order valence-corrected chi connectivity index (χ1v) is 9.05. The maximum atomic E-state index is 12.3. The molecular formula is C17H23BrN2O3. The number of amides is 1. The summed E-state index contributed by atoms with van der Waals surface area (Å²) >= 11 is 3.49. The van der Waals surface area contributed by atoms with Crippen molar-refractivity contribution in [1.82, 2.24) is 0 Å². The summed E-state index contributed by atoms with van der Waals surface area (Å²) in [5.41, 5.74) is 1.92. The highest BCUT2D eigenvalue weighted by molar-refractivity contribution is 9.10. The summed E-state index contributed by atoms with van der Waals surface area (Å²) in [6.07, 6.45) is 3.73. The van der Waals surface area contributed by atoms with Gasteiger partial charge in [0.2, 0.25) is 5.91 Å². The van der Waals surface area contributed by atoms with Gasteiger partial charge in [-0.3, -0.25) is 4.79 Å². The molecule has 2 fully saturated rings. The zero-order chi connectivity index (χ0) is 16.1. The second-order valence-electron chi connectivity index (χ2n) is 5.98. The first-order chi connectivity index (χ1) is 11.2. The van der Waals surface area contributed by atoms with Gasteiger partial charge in [0.25, 0.3) is 0 Å². The summed E-state index contributed by atoms with van der Waals surface area (Å²) in [6, 6.07) is 6.02. The molecule has 2 aliphatic rings. The Bertz CT molecular complexity index is 541. The van der Waals surface area contributed by atoms with Gasteiger partial charge in [0.1, 0.15) is 0 Å². The molecule has 3 rings (SSSR count). The van der Waals surface area contributed by atoms with E-state index in [4.69, 9.17) is 9.47 Å². The molecule has 126 valence electrons. The van der Waals surface area contributed by atoms with Crippen molar-refractivity contribution in [2.45, 2.75) is 31.8 Å². The largest absolute Gasteiger partial charge is 0.378 e. The summed E-state index contributed by atoms with van der Waals surface area (Å²) in [7, 11) is 0. The van der Waals surface area contributed by atoms with Crippen LogP contribution in [0.4, 0.5) is 11.4 Å². The van der Waals surface area contributed by atoms with E-state index in [1.165, 1.54) is 0 Å². The van der Waals surface area contributed by atoms with Crippen LogP contribution in [0.3, 0.4) is 0 Å². The van der Waals surface area contributed by atoms with Crippen LogP contribution in [0.5, 0.6) is 0 Å². The first kappa shape index (κ1) is 16.7. The van der Waals surface area contributed by atoms with Gasteiger partial charge in [0, 0.05) is 30.6 Å². The van der Waals surface area contributed by atoms with Gasteiger partial charge in [0.05, 0.1) is 30.7 Å². The van der Waals surface area contributed by atoms with Crippen molar-refractivity contribution in [2.24, 2.45) is 0 Å². The Morgan fingerprint density at radius 2 is 2.13 bits per heavy atom. The van der Waals surface area contributed by atoms with Crippen LogP contribution in [-0.4, -0.2) is 44.9 Å². The number of ether oxygens (including phenoxy) is 2. The number of carbonyl (C=O) groups is 1. The molecule has 6 heteroatoms. The highest BCUT2D eigenvalue weighted by Gasteiger charge is 2.19. The summed E-state index contributed by atoms with van der Waals surface area (Å²) in [5.74, 6) is 0.0492. The number of anilines is 2. The van der Waals surface area contributed by atoms with Crippen molar-refractivity contribution in [2.75, 3.05) is 43.1 Å². The van der Waals surface area contributed by atoms with Crippen LogP contribution in [0.25, 0.3) is 0 Å². The molecule has 1 aromatic carbocycles. The van der Waals surface area contributed by atoms with E-state index < -0.39 is 0 Å². The van der Waals surface area contributed by atoms with Gasteiger partial charge in [-0.1, -0.05) is 15.9 Å². The smallest absolute Gasteiger partial charge is 0.224 e. The van der Waals surface area contributed by atoms with Crippen LogP contribution in [0.2, 0.25) is 0 Å². The van der Waals surface area contributed by atoms with Gasteiger partial charge < -0.3 is 19.7 Å². The molecule has 2 heterocycles. The fraction of sp³-hybridized carbons (Fsp3) is 0.588. The molecule has 0 bridgehead atoms. The highest BCUT2D eigenvalue weighted by Crippen LogP contribution is 2.30. The first-order valence-electron chi connectivity index (χ1n) is 8.26. The van der Waals surface area contributed by atoms with E-state index in [1.54, 1.807) is 0 Å². The summed E-state index contributed by atoms with van der Waals surface area (Å²) in [6.45, 7) is 3.98. The minimum absolute atomic E-state index is 0.0492. The number of hydrogen-bond donors (Lipinski definition) is 1. The van der Waals surface area contributed by atoms with E-state index in [9.17, 15) is 4.79 Å². The fourth-order valence-electron chi connectivity index (χ4n) is 3.07. The lowest BCUT2D eigenvalue weighted by Gasteiger charge is -2.30. The Labute approximate surface area is 145 Å². The van der Waals surface area contributed by atoms with Crippen LogP contribution in [-0.2, 0) is 14.3 Å². The van der Waals surface area contributed by atoms with Crippen LogP contribution < -0.4 is 10.2 Å². The zero-order valence-electron chi connectivity index (χ0n) is 13.2. The van der Waals surface area contributed by atoms with Crippen molar-refractivity contribution in [3.05, 3.63) is 22.7 Å². The van der Waals surface area contributed by atoms with Gasteiger partial charge in [-0.2, -0.15) is 0 Å². The molecule has 1 atom stereocenters. The average molecular weight is 383 g/mol. The molecular weight excluding hydrogens is 360 g/mol. The van der Waals surface area contributed by atoms with Crippen LogP contribution in [0.1, 0.15) is 25.7 Å². The second-order valence-corrected chi connectivity index (χ2v) is 6.90. The molecule has 1 N–H and O–H groups in total. The topological polar surface area (TPSA) is 50.8 Å². The molecule has 1 amide bonds. The lowest BCUT2D eigenvalue weighted by molar-refractivity contribution is -0.116. The lowest BCUT2D eigenvalue weighted by Crippen LogP contribution is -2.36. The average Bonchev–Trinajstić information content (AvgIpc) is 3.07. The molecule has 2 saturated heterocycles. The molecule has 2 aliphatic heterocycles. The van der Waals surface area contributed by atoms with Crippen molar-refractivity contribution in [1.29, 1.82) is 0 Å². The number of nitrogens with one attached hydrogen (secondary N) is 1. The molecule has 0 aromatic heterocycles. The fourth-order valence-corrected chi connectivity index (χ4v) is 3.43. The van der Waals surface area contributed by atoms with E-state index in [1.807, 2.05) is 18.2 Å². The standard InChI is InChI=1S/C17H23BrN2O3/c18-13-3-5-16(20-7-10-22-11-8-20)15(12-13)19-17(21)6-4-14-2-1-9-23-14/h3,5,12,14H,1-2,4,6-11H2,(H,19,21). The molecule has 0 spiro atoms. The minimum atomic E-state index is 0.0492. The van der Waals surface area contributed by atoms with E-state index in [0.717, 1.165) is 68.0 Å². The SMILES string of the molecule is O=C(CCC1CCCO1)Nc1cc(Br)ccc1N1CCOCC1.